The normalized spacial score (nSPS) is 11.1. The third-order valence-corrected chi connectivity index (χ3v) is 3.85. The second-order valence-corrected chi connectivity index (χ2v) is 6.06. The van der Waals surface area contributed by atoms with Crippen LogP contribution in [0.2, 0.25) is 0 Å². The number of hydrogen-bond donors (Lipinski definition) is 0. The Morgan fingerprint density at radius 1 is 1.15 bits per heavy atom. The van der Waals surface area contributed by atoms with Gasteiger partial charge in [-0.3, -0.25) is 0 Å². The van der Waals surface area contributed by atoms with E-state index in [0.717, 1.165) is 39.3 Å². The number of halogens is 2. The summed E-state index contributed by atoms with van der Waals surface area (Å²) in [7, 11) is 4.00. The molecule has 0 aliphatic heterocycles. The molecule has 0 spiro atoms. The number of hydrogen-bond acceptors (Lipinski definition) is 3. The molecule has 0 unspecified atom stereocenters. The van der Waals surface area contributed by atoms with Gasteiger partial charge < -0.3 is 4.90 Å². The van der Waals surface area contributed by atoms with Crippen molar-refractivity contribution >= 4 is 22.6 Å². The molecule has 2 aromatic rings. The van der Waals surface area contributed by atoms with Crippen molar-refractivity contribution in [2.24, 2.45) is 0 Å². The van der Waals surface area contributed by atoms with Crippen LogP contribution in [0.25, 0.3) is 0 Å². The van der Waals surface area contributed by atoms with Gasteiger partial charge in [-0.05, 0) is 61.3 Å². The fraction of sp³-hybridized carbons (Fsp3) is 0.333. The zero-order chi connectivity index (χ0) is 14.7. The molecule has 20 heavy (non-hydrogen) atoms. The average Bonchev–Trinajstić information content (AvgIpc) is 2.35. The SMILES string of the molecule is Cc1nc(CN(C)C)nc(I)c1Cc1ccc(F)cc1. The quantitative estimate of drug-likeness (QED) is 0.598. The highest BCUT2D eigenvalue weighted by molar-refractivity contribution is 14.1. The van der Waals surface area contributed by atoms with E-state index in [9.17, 15) is 4.39 Å². The van der Waals surface area contributed by atoms with E-state index in [0.29, 0.717) is 0 Å². The van der Waals surface area contributed by atoms with Crippen LogP contribution in [0.4, 0.5) is 4.39 Å². The molecule has 0 saturated carbocycles. The second-order valence-electron chi connectivity index (χ2n) is 5.04. The first-order valence-corrected chi connectivity index (χ1v) is 7.44. The van der Waals surface area contributed by atoms with Gasteiger partial charge in [0, 0.05) is 17.7 Å². The van der Waals surface area contributed by atoms with Crippen molar-refractivity contribution in [3.63, 3.8) is 0 Å². The molecule has 3 nitrogen and oxygen atoms in total. The van der Waals surface area contributed by atoms with E-state index in [-0.39, 0.29) is 5.82 Å². The number of rotatable bonds is 4. The summed E-state index contributed by atoms with van der Waals surface area (Å²) in [5, 5.41) is 0. The Kier molecular flexibility index (Phi) is 5.04. The van der Waals surface area contributed by atoms with Crippen molar-refractivity contribution in [2.75, 3.05) is 14.1 Å². The molecule has 5 heteroatoms. The van der Waals surface area contributed by atoms with Crippen LogP contribution in [0, 0.1) is 16.4 Å². The Bertz CT molecular complexity index is 574. The van der Waals surface area contributed by atoms with Gasteiger partial charge in [0.25, 0.3) is 0 Å². The lowest BCUT2D eigenvalue weighted by molar-refractivity contribution is 0.389. The molecular weight excluding hydrogens is 368 g/mol. The Morgan fingerprint density at radius 2 is 1.80 bits per heavy atom. The monoisotopic (exact) mass is 385 g/mol. The molecular formula is C15H17FIN3. The second kappa shape index (κ2) is 6.58. The molecule has 0 N–H and O–H groups in total. The van der Waals surface area contributed by atoms with Gasteiger partial charge in [0.2, 0.25) is 0 Å². The summed E-state index contributed by atoms with van der Waals surface area (Å²) in [5.41, 5.74) is 3.17. The summed E-state index contributed by atoms with van der Waals surface area (Å²) in [4.78, 5) is 11.1. The molecule has 0 saturated heterocycles. The van der Waals surface area contributed by atoms with Gasteiger partial charge in [0.05, 0.1) is 6.54 Å². The maximum absolute atomic E-state index is 12.9. The minimum atomic E-state index is -0.210. The van der Waals surface area contributed by atoms with Crippen molar-refractivity contribution in [2.45, 2.75) is 19.9 Å². The zero-order valence-electron chi connectivity index (χ0n) is 11.8. The highest BCUT2D eigenvalue weighted by atomic mass is 127. The van der Waals surface area contributed by atoms with Gasteiger partial charge in [-0.1, -0.05) is 12.1 Å². The largest absolute Gasteiger partial charge is 0.302 e. The minimum Gasteiger partial charge on any atom is -0.302 e. The van der Waals surface area contributed by atoms with Crippen LogP contribution < -0.4 is 0 Å². The van der Waals surface area contributed by atoms with Gasteiger partial charge in [-0.2, -0.15) is 0 Å². The molecule has 106 valence electrons. The van der Waals surface area contributed by atoms with Crippen LogP contribution in [-0.4, -0.2) is 29.0 Å². The molecule has 2 rings (SSSR count). The minimum absolute atomic E-state index is 0.210. The van der Waals surface area contributed by atoms with Gasteiger partial charge in [-0.15, -0.1) is 0 Å². The fourth-order valence-electron chi connectivity index (χ4n) is 1.98. The Hall–Kier alpha value is -1.08. The number of benzene rings is 1. The zero-order valence-corrected chi connectivity index (χ0v) is 14.0. The van der Waals surface area contributed by atoms with Crippen LogP contribution >= 0.6 is 22.6 Å². The standard InChI is InChI=1S/C15H17FIN3/c1-10-13(8-11-4-6-12(16)7-5-11)15(17)19-14(18-10)9-20(2)3/h4-7H,8-9H2,1-3H3. The summed E-state index contributed by atoms with van der Waals surface area (Å²) in [5.74, 6) is 0.623. The topological polar surface area (TPSA) is 29.0 Å². The van der Waals surface area contributed by atoms with Crippen molar-refractivity contribution in [3.8, 4) is 0 Å². The van der Waals surface area contributed by atoms with Gasteiger partial charge in [0.15, 0.2) is 0 Å². The van der Waals surface area contributed by atoms with E-state index in [1.807, 2.05) is 25.9 Å². The summed E-state index contributed by atoms with van der Waals surface area (Å²) in [6.45, 7) is 2.73. The van der Waals surface area contributed by atoms with E-state index in [4.69, 9.17) is 0 Å². The maximum Gasteiger partial charge on any atom is 0.143 e. The first kappa shape index (κ1) is 15.3. The van der Waals surface area contributed by atoms with Crippen LogP contribution in [0.3, 0.4) is 0 Å². The maximum atomic E-state index is 12.9. The average molecular weight is 385 g/mol. The first-order valence-electron chi connectivity index (χ1n) is 6.37. The van der Waals surface area contributed by atoms with E-state index in [1.165, 1.54) is 12.1 Å². The summed E-state index contributed by atoms with van der Waals surface area (Å²) in [6, 6.07) is 6.58. The predicted octanol–water partition coefficient (Wildman–Crippen LogP) is 3.18. The van der Waals surface area contributed by atoms with Crippen LogP contribution in [0.1, 0.15) is 22.6 Å². The van der Waals surface area contributed by atoms with Crippen LogP contribution in [-0.2, 0) is 13.0 Å². The van der Waals surface area contributed by atoms with Crippen molar-refractivity contribution in [3.05, 3.63) is 56.4 Å². The molecule has 1 heterocycles. The third kappa shape index (κ3) is 3.96. The van der Waals surface area contributed by atoms with E-state index in [1.54, 1.807) is 12.1 Å². The van der Waals surface area contributed by atoms with E-state index < -0.39 is 0 Å². The number of aryl methyl sites for hydroxylation is 1. The lowest BCUT2D eigenvalue weighted by atomic mass is 10.1. The van der Waals surface area contributed by atoms with Gasteiger partial charge in [-0.25, -0.2) is 14.4 Å². The Balaban J connectivity index is 2.26. The number of nitrogens with zero attached hydrogens (tertiary/aromatic N) is 3. The smallest absolute Gasteiger partial charge is 0.143 e. The molecule has 0 aliphatic carbocycles. The molecule has 0 fully saturated rings. The van der Waals surface area contributed by atoms with Crippen molar-refractivity contribution in [1.82, 2.24) is 14.9 Å². The van der Waals surface area contributed by atoms with Crippen LogP contribution in [0.5, 0.6) is 0 Å². The molecule has 0 atom stereocenters. The highest BCUT2D eigenvalue weighted by Gasteiger charge is 2.11. The molecule has 0 aliphatic rings. The van der Waals surface area contributed by atoms with Crippen LogP contribution in [0.15, 0.2) is 24.3 Å². The highest BCUT2D eigenvalue weighted by Crippen LogP contribution is 2.18. The van der Waals surface area contributed by atoms with Gasteiger partial charge >= 0.3 is 0 Å². The summed E-state index contributed by atoms with van der Waals surface area (Å²) in [6.07, 6.45) is 0.729. The summed E-state index contributed by atoms with van der Waals surface area (Å²) < 4.78 is 13.9. The van der Waals surface area contributed by atoms with E-state index >= 15 is 0 Å². The molecule has 0 radical (unpaired) electrons. The van der Waals surface area contributed by atoms with Crippen molar-refractivity contribution in [1.29, 1.82) is 0 Å². The molecule has 1 aromatic heterocycles. The Labute approximate surface area is 132 Å². The third-order valence-electron chi connectivity index (χ3n) is 2.96. The molecule has 0 bridgehead atoms. The first-order chi connectivity index (χ1) is 9.45. The summed E-state index contributed by atoms with van der Waals surface area (Å²) >= 11 is 2.25. The van der Waals surface area contributed by atoms with Gasteiger partial charge in [0.1, 0.15) is 15.3 Å². The lowest BCUT2D eigenvalue weighted by Crippen LogP contribution is -2.15. The van der Waals surface area contributed by atoms with Crippen molar-refractivity contribution < 1.29 is 4.39 Å². The number of aromatic nitrogens is 2. The molecule has 1 aromatic carbocycles. The predicted molar refractivity (Wildman–Crippen MR) is 86.1 cm³/mol. The Morgan fingerprint density at radius 3 is 2.35 bits per heavy atom. The fourth-order valence-corrected chi connectivity index (χ4v) is 2.84. The lowest BCUT2D eigenvalue weighted by Gasteiger charge is -2.12. The molecule has 0 amide bonds. The van der Waals surface area contributed by atoms with E-state index in [2.05, 4.69) is 32.6 Å².